The van der Waals surface area contributed by atoms with E-state index in [-0.39, 0.29) is 5.82 Å². The van der Waals surface area contributed by atoms with Gasteiger partial charge in [0.1, 0.15) is 5.82 Å². The van der Waals surface area contributed by atoms with Gasteiger partial charge in [-0.05, 0) is 49.9 Å². The van der Waals surface area contributed by atoms with Crippen molar-refractivity contribution >= 4 is 0 Å². The van der Waals surface area contributed by atoms with Gasteiger partial charge in [0.25, 0.3) is 0 Å². The zero-order valence-corrected chi connectivity index (χ0v) is 12.8. The summed E-state index contributed by atoms with van der Waals surface area (Å²) in [6.07, 6.45) is 8.45. The zero-order valence-electron chi connectivity index (χ0n) is 12.8. The van der Waals surface area contributed by atoms with E-state index < -0.39 is 0 Å². The molecule has 0 unspecified atom stereocenters. The lowest BCUT2D eigenvalue weighted by atomic mass is 9.85. The summed E-state index contributed by atoms with van der Waals surface area (Å²) in [5.74, 6) is 0.319. The highest BCUT2D eigenvalue weighted by Crippen LogP contribution is 2.36. The summed E-state index contributed by atoms with van der Waals surface area (Å²) < 4.78 is 13.1. The number of nitrogens with zero attached hydrogens (tertiary/aromatic N) is 2. The molecular weight excluding hydrogens is 277 g/mol. The minimum absolute atomic E-state index is 0.192. The van der Waals surface area contributed by atoms with E-state index in [0.29, 0.717) is 5.92 Å². The summed E-state index contributed by atoms with van der Waals surface area (Å²) in [5.41, 5.74) is 3.39. The quantitative estimate of drug-likeness (QED) is 0.930. The maximum atomic E-state index is 13.1. The zero-order chi connectivity index (χ0) is 14.9. The van der Waals surface area contributed by atoms with Gasteiger partial charge in [0, 0.05) is 29.8 Å². The number of rotatable bonds is 3. The Morgan fingerprint density at radius 2 is 1.91 bits per heavy atom. The van der Waals surface area contributed by atoms with Crippen LogP contribution in [0.2, 0.25) is 0 Å². The first-order valence-corrected chi connectivity index (χ1v) is 8.34. The van der Waals surface area contributed by atoms with Gasteiger partial charge in [-0.25, -0.2) is 4.39 Å². The van der Waals surface area contributed by atoms with Crippen LogP contribution in [0.5, 0.6) is 0 Å². The number of H-pyrrole nitrogens is 1. The molecule has 1 aromatic heterocycles. The fraction of sp³-hybridized carbons (Fsp3) is 0.500. The molecule has 1 aliphatic heterocycles. The Labute approximate surface area is 130 Å². The second-order valence-electron chi connectivity index (χ2n) is 6.62. The number of aromatic amines is 1. The highest BCUT2D eigenvalue weighted by Gasteiger charge is 2.31. The molecular formula is C18H22FN3. The fourth-order valence-corrected chi connectivity index (χ4v) is 3.79. The van der Waals surface area contributed by atoms with Gasteiger partial charge in [0.2, 0.25) is 0 Å². The summed E-state index contributed by atoms with van der Waals surface area (Å²) in [6.45, 7) is 2.36. The largest absolute Gasteiger partial charge is 0.300 e. The van der Waals surface area contributed by atoms with Crippen molar-refractivity contribution in [2.45, 2.75) is 44.1 Å². The lowest BCUT2D eigenvalue weighted by molar-refractivity contribution is 0.0938. The first kappa shape index (κ1) is 13.9. The van der Waals surface area contributed by atoms with Crippen LogP contribution in [0.25, 0.3) is 11.1 Å². The fourth-order valence-electron chi connectivity index (χ4n) is 3.79. The van der Waals surface area contributed by atoms with Crippen molar-refractivity contribution in [3.8, 4) is 11.1 Å². The van der Waals surface area contributed by atoms with E-state index in [1.807, 2.05) is 18.3 Å². The van der Waals surface area contributed by atoms with Gasteiger partial charge < -0.3 is 0 Å². The smallest absolute Gasteiger partial charge is 0.123 e. The molecule has 1 aliphatic carbocycles. The van der Waals surface area contributed by atoms with Gasteiger partial charge in [-0.2, -0.15) is 5.10 Å². The van der Waals surface area contributed by atoms with Crippen molar-refractivity contribution in [3.63, 3.8) is 0 Å². The van der Waals surface area contributed by atoms with Crippen molar-refractivity contribution in [2.75, 3.05) is 13.1 Å². The topological polar surface area (TPSA) is 31.9 Å². The number of benzene rings is 1. The number of halogens is 1. The van der Waals surface area contributed by atoms with E-state index in [2.05, 4.69) is 15.1 Å². The highest BCUT2D eigenvalue weighted by atomic mass is 19.1. The van der Waals surface area contributed by atoms with Gasteiger partial charge in [0.15, 0.2) is 0 Å². The highest BCUT2D eigenvalue weighted by molar-refractivity contribution is 5.65. The molecule has 22 heavy (non-hydrogen) atoms. The Kier molecular flexibility index (Phi) is 3.70. The Morgan fingerprint density at radius 3 is 2.64 bits per heavy atom. The van der Waals surface area contributed by atoms with Crippen LogP contribution >= 0.6 is 0 Å². The average Bonchev–Trinajstić information content (AvgIpc) is 2.96. The van der Waals surface area contributed by atoms with E-state index in [1.54, 1.807) is 0 Å². The number of piperidine rings is 1. The molecule has 1 aromatic carbocycles. The van der Waals surface area contributed by atoms with Crippen LogP contribution in [-0.4, -0.2) is 34.2 Å². The Balaban J connectivity index is 1.57. The molecule has 0 amide bonds. The van der Waals surface area contributed by atoms with Crippen molar-refractivity contribution in [1.29, 1.82) is 0 Å². The first-order chi connectivity index (χ1) is 10.8. The average molecular weight is 299 g/mol. The minimum Gasteiger partial charge on any atom is -0.300 e. The Morgan fingerprint density at radius 1 is 1.09 bits per heavy atom. The molecule has 4 rings (SSSR count). The standard InChI is InChI=1S/C18H22FN3/c19-15-8-6-13(7-9-15)17-11-20-21-18(17)14-3-2-10-22(12-14)16-4-1-5-16/h6-9,11,14,16H,1-5,10,12H2,(H,20,21)/t14-/m1/s1. The van der Waals surface area contributed by atoms with E-state index in [0.717, 1.165) is 23.7 Å². The molecule has 3 nitrogen and oxygen atoms in total. The molecule has 1 saturated carbocycles. The monoisotopic (exact) mass is 299 g/mol. The van der Waals surface area contributed by atoms with Crippen LogP contribution in [0, 0.1) is 5.82 Å². The lowest BCUT2D eigenvalue weighted by Gasteiger charge is -2.42. The van der Waals surface area contributed by atoms with Crippen LogP contribution < -0.4 is 0 Å². The lowest BCUT2D eigenvalue weighted by Crippen LogP contribution is -2.45. The number of nitrogens with one attached hydrogen (secondary N) is 1. The molecule has 2 aliphatic rings. The molecule has 1 atom stereocenters. The second kappa shape index (κ2) is 5.84. The van der Waals surface area contributed by atoms with Crippen LogP contribution in [0.4, 0.5) is 4.39 Å². The van der Waals surface area contributed by atoms with E-state index in [1.165, 1.54) is 56.5 Å². The minimum atomic E-state index is -0.192. The molecule has 0 spiro atoms. The Bertz CT molecular complexity index is 630. The second-order valence-corrected chi connectivity index (χ2v) is 6.62. The molecule has 1 saturated heterocycles. The Hall–Kier alpha value is -1.68. The number of hydrogen-bond donors (Lipinski definition) is 1. The van der Waals surface area contributed by atoms with E-state index >= 15 is 0 Å². The number of likely N-dealkylation sites (tertiary alicyclic amines) is 1. The molecule has 2 aromatic rings. The van der Waals surface area contributed by atoms with Gasteiger partial charge in [-0.1, -0.05) is 18.6 Å². The molecule has 2 heterocycles. The van der Waals surface area contributed by atoms with Crippen LogP contribution in [0.15, 0.2) is 30.5 Å². The molecule has 1 N–H and O–H groups in total. The van der Waals surface area contributed by atoms with E-state index in [9.17, 15) is 4.39 Å². The third kappa shape index (κ3) is 2.56. The van der Waals surface area contributed by atoms with Crippen LogP contribution in [0.1, 0.15) is 43.7 Å². The SMILES string of the molecule is Fc1ccc(-c2cn[nH]c2[C@@H]2CCCN(C3CCC3)C2)cc1. The number of aromatic nitrogens is 2. The predicted molar refractivity (Wildman–Crippen MR) is 85.2 cm³/mol. The van der Waals surface area contributed by atoms with Gasteiger partial charge in [0.05, 0.1) is 6.20 Å². The molecule has 4 heteroatoms. The summed E-state index contributed by atoms with van der Waals surface area (Å²) in [7, 11) is 0. The molecule has 116 valence electrons. The van der Waals surface area contributed by atoms with Crippen molar-refractivity contribution in [3.05, 3.63) is 42.0 Å². The third-order valence-corrected chi connectivity index (χ3v) is 5.28. The predicted octanol–water partition coefficient (Wildman–Crippen LogP) is 3.95. The molecule has 0 radical (unpaired) electrons. The summed E-state index contributed by atoms with van der Waals surface area (Å²) in [4.78, 5) is 2.66. The summed E-state index contributed by atoms with van der Waals surface area (Å²) in [6, 6.07) is 7.54. The van der Waals surface area contributed by atoms with Crippen LogP contribution in [-0.2, 0) is 0 Å². The number of hydrogen-bond acceptors (Lipinski definition) is 2. The van der Waals surface area contributed by atoms with E-state index in [4.69, 9.17) is 0 Å². The van der Waals surface area contributed by atoms with Crippen molar-refractivity contribution < 1.29 is 4.39 Å². The summed E-state index contributed by atoms with van der Waals surface area (Å²) >= 11 is 0. The van der Waals surface area contributed by atoms with Gasteiger partial charge in [-0.3, -0.25) is 10.00 Å². The maximum absolute atomic E-state index is 13.1. The molecule has 0 bridgehead atoms. The maximum Gasteiger partial charge on any atom is 0.123 e. The molecule has 2 fully saturated rings. The van der Waals surface area contributed by atoms with Gasteiger partial charge >= 0.3 is 0 Å². The summed E-state index contributed by atoms with van der Waals surface area (Å²) in [5, 5.41) is 7.48. The first-order valence-electron chi connectivity index (χ1n) is 8.34. The normalized spacial score (nSPS) is 23.4. The third-order valence-electron chi connectivity index (χ3n) is 5.28. The van der Waals surface area contributed by atoms with Crippen molar-refractivity contribution in [2.24, 2.45) is 0 Å². The van der Waals surface area contributed by atoms with Crippen LogP contribution in [0.3, 0.4) is 0 Å². The van der Waals surface area contributed by atoms with Crippen molar-refractivity contribution in [1.82, 2.24) is 15.1 Å². The van der Waals surface area contributed by atoms with Gasteiger partial charge in [-0.15, -0.1) is 0 Å².